The van der Waals surface area contributed by atoms with Gasteiger partial charge in [-0.2, -0.15) is 5.10 Å². The standard InChI is InChI=1S/C8H12N2O2/c1-6(8(11)12)5-10-4-3-7(2)9-10/h3-4,6H,5H2,1-2H3,(H,11,12)/t6-/m1/s1. The van der Waals surface area contributed by atoms with Crippen molar-refractivity contribution in [2.45, 2.75) is 20.4 Å². The van der Waals surface area contributed by atoms with Crippen molar-refractivity contribution in [2.24, 2.45) is 5.92 Å². The predicted molar refractivity (Wildman–Crippen MR) is 43.8 cm³/mol. The molecule has 0 saturated carbocycles. The molecule has 0 aliphatic heterocycles. The molecule has 4 nitrogen and oxygen atoms in total. The lowest BCUT2D eigenvalue weighted by molar-refractivity contribution is -0.141. The van der Waals surface area contributed by atoms with Crippen molar-refractivity contribution >= 4 is 5.97 Å². The molecule has 0 spiro atoms. The molecule has 1 aromatic rings. The van der Waals surface area contributed by atoms with E-state index in [-0.39, 0.29) is 5.92 Å². The number of carboxylic acids is 1. The van der Waals surface area contributed by atoms with Crippen LogP contribution in [0.15, 0.2) is 12.3 Å². The van der Waals surface area contributed by atoms with Crippen LogP contribution in [0.2, 0.25) is 0 Å². The Morgan fingerprint density at radius 2 is 2.50 bits per heavy atom. The van der Waals surface area contributed by atoms with Crippen molar-refractivity contribution in [2.75, 3.05) is 0 Å². The molecule has 1 heterocycles. The molecule has 4 heteroatoms. The molecule has 1 aromatic heterocycles. The molecule has 0 aliphatic carbocycles. The summed E-state index contributed by atoms with van der Waals surface area (Å²) in [5, 5.41) is 12.7. The highest BCUT2D eigenvalue weighted by Gasteiger charge is 2.11. The van der Waals surface area contributed by atoms with Gasteiger partial charge in [0, 0.05) is 6.20 Å². The quantitative estimate of drug-likeness (QED) is 0.729. The van der Waals surface area contributed by atoms with E-state index in [1.54, 1.807) is 17.8 Å². The van der Waals surface area contributed by atoms with E-state index in [0.717, 1.165) is 5.69 Å². The van der Waals surface area contributed by atoms with Crippen molar-refractivity contribution in [3.05, 3.63) is 18.0 Å². The lowest BCUT2D eigenvalue weighted by Gasteiger charge is -2.04. The number of hydrogen-bond acceptors (Lipinski definition) is 2. The summed E-state index contributed by atoms with van der Waals surface area (Å²) in [7, 11) is 0. The highest BCUT2D eigenvalue weighted by Crippen LogP contribution is 2.00. The summed E-state index contributed by atoms with van der Waals surface area (Å²) in [6.45, 7) is 3.98. The van der Waals surface area contributed by atoms with Gasteiger partial charge in [-0.15, -0.1) is 0 Å². The van der Waals surface area contributed by atoms with Crippen LogP contribution in [0.3, 0.4) is 0 Å². The van der Waals surface area contributed by atoms with Crippen LogP contribution < -0.4 is 0 Å². The van der Waals surface area contributed by atoms with Crippen LogP contribution in [-0.4, -0.2) is 20.9 Å². The third-order valence-corrected chi connectivity index (χ3v) is 1.66. The summed E-state index contributed by atoms with van der Waals surface area (Å²) < 4.78 is 1.65. The summed E-state index contributed by atoms with van der Waals surface area (Å²) in [4.78, 5) is 10.5. The SMILES string of the molecule is Cc1ccn(C[C@@H](C)C(=O)O)n1. The first-order chi connectivity index (χ1) is 5.59. The molecular formula is C8H12N2O2. The maximum Gasteiger partial charge on any atom is 0.308 e. The van der Waals surface area contributed by atoms with Crippen molar-refractivity contribution < 1.29 is 9.90 Å². The van der Waals surface area contributed by atoms with E-state index < -0.39 is 5.97 Å². The lowest BCUT2D eigenvalue weighted by Crippen LogP contribution is -2.16. The smallest absolute Gasteiger partial charge is 0.308 e. The minimum Gasteiger partial charge on any atom is -0.481 e. The van der Waals surface area contributed by atoms with E-state index in [1.807, 2.05) is 13.0 Å². The summed E-state index contributed by atoms with van der Waals surface area (Å²) in [5.41, 5.74) is 0.910. The first-order valence-corrected chi connectivity index (χ1v) is 3.82. The van der Waals surface area contributed by atoms with Gasteiger partial charge in [-0.05, 0) is 13.0 Å². The van der Waals surface area contributed by atoms with Gasteiger partial charge in [0.15, 0.2) is 0 Å². The molecule has 0 saturated heterocycles. The van der Waals surface area contributed by atoms with Gasteiger partial charge in [-0.1, -0.05) is 6.92 Å². The second kappa shape index (κ2) is 3.38. The Kier molecular flexibility index (Phi) is 2.47. The number of nitrogens with zero attached hydrogens (tertiary/aromatic N) is 2. The molecule has 0 aliphatic rings. The van der Waals surface area contributed by atoms with Crippen LogP contribution in [0.25, 0.3) is 0 Å². The molecule has 0 bridgehead atoms. The Hall–Kier alpha value is -1.32. The fourth-order valence-electron chi connectivity index (χ4n) is 0.924. The van der Waals surface area contributed by atoms with Gasteiger partial charge in [0.2, 0.25) is 0 Å². The van der Waals surface area contributed by atoms with Crippen molar-refractivity contribution in [3.8, 4) is 0 Å². The Balaban J connectivity index is 2.58. The third kappa shape index (κ3) is 2.08. The Morgan fingerprint density at radius 1 is 1.83 bits per heavy atom. The van der Waals surface area contributed by atoms with Crippen LogP contribution in [-0.2, 0) is 11.3 Å². The summed E-state index contributed by atoms with van der Waals surface area (Å²) in [6, 6.07) is 1.86. The number of hydrogen-bond donors (Lipinski definition) is 1. The Labute approximate surface area is 70.8 Å². The Morgan fingerprint density at radius 3 is 2.92 bits per heavy atom. The minimum atomic E-state index is -0.789. The molecule has 66 valence electrons. The van der Waals surface area contributed by atoms with Crippen molar-refractivity contribution in [1.29, 1.82) is 0 Å². The van der Waals surface area contributed by atoms with Gasteiger partial charge >= 0.3 is 5.97 Å². The van der Waals surface area contributed by atoms with Crippen molar-refractivity contribution in [1.82, 2.24) is 9.78 Å². The van der Waals surface area contributed by atoms with Gasteiger partial charge in [0.25, 0.3) is 0 Å². The molecule has 0 amide bonds. The first kappa shape index (κ1) is 8.77. The molecule has 1 rings (SSSR count). The maximum absolute atomic E-state index is 10.5. The van der Waals surface area contributed by atoms with Gasteiger partial charge < -0.3 is 5.11 Å². The summed E-state index contributed by atoms with van der Waals surface area (Å²) >= 11 is 0. The molecular weight excluding hydrogens is 156 g/mol. The van der Waals surface area contributed by atoms with Crippen LogP contribution in [0, 0.1) is 12.8 Å². The zero-order valence-electron chi connectivity index (χ0n) is 7.19. The van der Waals surface area contributed by atoms with E-state index in [1.165, 1.54) is 0 Å². The molecule has 0 radical (unpaired) electrons. The fraction of sp³-hybridized carbons (Fsp3) is 0.500. The Bertz CT molecular complexity index is 280. The van der Waals surface area contributed by atoms with Crippen LogP contribution in [0.4, 0.5) is 0 Å². The van der Waals surface area contributed by atoms with E-state index in [4.69, 9.17) is 5.11 Å². The first-order valence-electron chi connectivity index (χ1n) is 3.82. The highest BCUT2D eigenvalue weighted by atomic mass is 16.4. The lowest BCUT2D eigenvalue weighted by atomic mass is 10.2. The molecule has 0 unspecified atom stereocenters. The van der Waals surface area contributed by atoms with E-state index in [9.17, 15) is 4.79 Å². The topological polar surface area (TPSA) is 55.1 Å². The van der Waals surface area contributed by atoms with E-state index in [0.29, 0.717) is 6.54 Å². The number of rotatable bonds is 3. The highest BCUT2D eigenvalue weighted by molar-refractivity contribution is 5.69. The molecule has 1 N–H and O–H groups in total. The zero-order chi connectivity index (χ0) is 9.14. The third-order valence-electron chi connectivity index (χ3n) is 1.66. The molecule has 0 fully saturated rings. The van der Waals surface area contributed by atoms with Gasteiger partial charge in [-0.25, -0.2) is 0 Å². The van der Waals surface area contributed by atoms with Crippen molar-refractivity contribution in [3.63, 3.8) is 0 Å². The second-order valence-corrected chi connectivity index (χ2v) is 2.92. The zero-order valence-corrected chi connectivity index (χ0v) is 7.19. The van der Waals surface area contributed by atoms with E-state index in [2.05, 4.69) is 5.10 Å². The average Bonchev–Trinajstić information content (AvgIpc) is 2.35. The van der Waals surface area contributed by atoms with Gasteiger partial charge in [-0.3, -0.25) is 9.48 Å². The van der Waals surface area contributed by atoms with Crippen LogP contribution in [0.1, 0.15) is 12.6 Å². The normalized spacial score (nSPS) is 12.8. The second-order valence-electron chi connectivity index (χ2n) is 2.92. The largest absolute Gasteiger partial charge is 0.481 e. The fourth-order valence-corrected chi connectivity index (χ4v) is 0.924. The maximum atomic E-state index is 10.5. The molecule has 12 heavy (non-hydrogen) atoms. The monoisotopic (exact) mass is 168 g/mol. The average molecular weight is 168 g/mol. The van der Waals surface area contributed by atoms with Crippen LogP contribution >= 0.6 is 0 Å². The van der Waals surface area contributed by atoms with Crippen LogP contribution in [0.5, 0.6) is 0 Å². The molecule has 0 aromatic carbocycles. The molecule has 1 atom stereocenters. The van der Waals surface area contributed by atoms with Gasteiger partial charge in [0.1, 0.15) is 0 Å². The number of carboxylic acid groups (broad SMARTS) is 1. The number of aliphatic carboxylic acids is 1. The number of carbonyl (C=O) groups is 1. The van der Waals surface area contributed by atoms with Gasteiger partial charge in [0.05, 0.1) is 18.2 Å². The predicted octanol–water partition coefficient (Wildman–Crippen LogP) is 0.912. The minimum absolute atomic E-state index is 0.385. The number of aromatic nitrogens is 2. The summed E-state index contributed by atoms with van der Waals surface area (Å²) in [5.74, 6) is -1.17. The number of aryl methyl sites for hydroxylation is 1. The summed E-state index contributed by atoms with van der Waals surface area (Å²) in [6.07, 6.45) is 1.79. The van der Waals surface area contributed by atoms with E-state index >= 15 is 0 Å².